The predicted octanol–water partition coefficient (Wildman–Crippen LogP) is 5.49. The maximum Gasteiger partial charge on any atom is 0.303 e. The van der Waals surface area contributed by atoms with E-state index >= 15 is 0 Å². The van der Waals surface area contributed by atoms with E-state index in [1.165, 1.54) is 0 Å². The minimum atomic E-state index is -0.822. The molecule has 6 heteroatoms. The van der Waals surface area contributed by atoms with Crippen LogP contribution in [-0.4, -0.2) is 33.8 Å². The van der Waals surface area contributed by atoms with Crippen molar-refractivity contribution in [2.75, 3.05) is 11.9 Å². The summed E-state index contributed by atoms with van der Waals surface area (Å²) in [7, 11) is 0. The fourth-order valence-electron chi connectivity index (χ4n) is 3.24. The second-order valence-electron chi connectivity index (χ2n) is 7.76. The second kappa shape index (κ2) is 9.98. The molecule has 6 nitrogen and oxygen atoms in total. The summed E-state index contributed by atoms with van der Waals surface area (Å²) in [5.41, 5.74) is 4.23. The smallest absolute Gasteiger partial charge is 0.303 e. The number of phenols is 1. The molecule has 3 aromatic rings. The number of aryl methyl sites for hydroxylation is 1. The van der Waals surface area contributed by atoms with E-state index < -0.39 is 5.97 Å². The van der Waals surface area contributed by atoms with Crippen LogP contribution < -0.4 is 10.1 Å². The van der Waals surface area contributed by atoms with Gasteiger partial charge in [0.15, 0.2) is 0 Å². The molecule has 2 aromatic carbocycles. The number of hydrogen-bond donors (Lipinski definition) is 3. The summed E-state index contributed by atoms with van der Waals surface area (Å²) in [6.07, 6.45) is 0.688. The highest BCUT2D eigenvalue weighted by Gasteiger charge is 2.11. The van der Waals surface area contributed by atoms with Crippen LogP contribution in [0.4, 0.5) is 5.82 Å². The number of ether oxygens (including phenoxy) is 1. The molecule has 0 saturated carbocycles. The van der Waals surface area contributed by atoms with E-state index in [-0.39, 0.29) is 18.3 Å². The number of phenolic OH excluding ortho intramolecular Hbond substituents is 1. The van der Waals surface area contributed by atoms with Crippen molar-refractivity contribution >= 4 is 11.8 Å². The highest BCUT2D eigenvalue weighted by atomic mass is 16.5. The van der Waals surface area contributed by atoms with Crippen LogP contribution in [0.15, 0.2) is 54.6 Å². The van der Waals surface area contributed by atoms with Gasteiger partial charge in [-0.05, 0) is 74.7 Å². The number of carboxylic acid groups (broad SMARTS) is 1. The van der Waals surface area contributed by atoms with Crippen molar-refractivity contribution in [2.45, 2.75) is 39.7 Å². The minimum Gasteiger partial charge on any atom is -0.507 e. The fraction of sp³-hybridized carbons (Fsp3) is 0.280. The average molecular weight is 421 g/mol. The number of aromatic nitrogens is 1. The van der Waals surface area contributed by atoms with Gasteiger partial charge in [-0.25, -0.2) is 4.98 Å². The Hall–Kier alpha value is -3.54. The van der Waals surface area contributed by atoms with Crippen molar-refractivity contribution in [1.82, 2.24) is 4.98 Å². The number of hydrogen-bond acceptors (Lipinski definition) is 5. The van der Waals surface area contributed by atoms with E-state index in [9.17, 15) is 9.90 Å². The number of aromatic hydroxyl groups is 1. The van der Waals surface area contributed by atoms with Gasteiger partial charge >= 0.3 is 5.97 Å². The summed E-state index contributed by atoms with van der Waals surface area (Å²) in [6, 6.07) is 17.1. The van der Waals surface area contributed by atoms with Gasteiger partial charge in [-0.1, -0.05) is 23.8 Å². The third-order valence-corrected chi connectivity index (χ3v) is 4.69. The molecule has 0 bridgehead atoms. The number of benzene rings is 2. The van der Waals surface area contributed by atoms with E-state index in [2.05, 4.69) is 10.3 Å². The lowest BCUT2D eigenvalue weighted by molar-refractivity contribution is -0.137. The van der Waals surface area contributed by atoms with E-state index in [4.69, 9.17) is 9.84 Å². The monoisotopic (exact) mass is 420 g/mol. The molecule has 1 aromatic heterocycles. The van der Waals surface area contributed by atoms with E-state index in [1.807, 2.05) is 69.3 Å². The molecular formula is C25H28N2O4. The maximum absolute atomic E-state index is 10.8. The Morgan fingerprint density at radius 2 is 1.81 bits per heavy atom. The fourth-order valence-corrected chi connectivity index (χ4v) is 3.24. The third-order valence-electron chi connectivity index (χ3n) is 4.69. The SMILES string of the molecule is Cc1ccc(O)c(-c2cc(-c3ccc(OC(C)C)cc3)cc(NCCCC(=O)O)n2)c1. The molecule has 31 heavy (non-hydrogen) atoms. The topological polar surface area (TPSA) is 91.7 Å². The Balaban J connectivity index is 1.96. The largest absolute Gasteiger partial charge is 0.507 e. The van der Waals surface area contributed by atoms with Gasteiger partial charge in [0.25, 0.3) is 0 Å². The number of aliphatic carboxylic acids is 1. The number of pyridine rings is 1. The van der Waals surface area contributed by atoms with Gasteiger partial charge in [0.05, 0.1) is 11.8 Å². The zero-order chi connectivity index (χ0) is 22.4. The van der Waals surface area contributed by atoms with Crippen molar-refractivity contribution in [3.05, 3.63) is 60.2 Å². The molecule has 162 valence electrons. The number of carboxylic acids is 1. The van der Waals surface area contributed by atoms with Gasteiger partial charge in [-0.15, -0.1) is 0 Å². The standard InChI is InChI=1S/C25H28N2O4/c1-16(2)31-20-9-7-18(8-10-20)19-14-22(21-13-17(3)6-11-23(21)28)27-24(15-19)26-12-4-5-25(29)30/h6-11,13-16,28H,4-5,12H2,1-3H3,(H,26,27)(H,29,30). The van der Waals surface area contributed by atoms with Gasteiger partial charge in [0.2, 0.25) is 0 Å². The Labute approximate surface area is 182 Å². The molecule has 0 aliphatic heterocycles. The van der Waals surface area contributed by atoms with Gasteiger partial charge in [-0.2, -0.15) is 0 Å². The molecule has 0 radical (unpaired) electrons. The quantitative estimate of drug-likeness (QED) is 0.396. The molecule has 0 amide bonds. The highest BCUT2D eigenvalue weighted by molar-refractivity contribution is 5.76. The van der Waals surface area contributed by atoms with E-state index in [1.54, 1.807) is 6.07 Å². The molecule has 0 atom stereocenters. The van der Waals surface area contributed by atoms with Gasteiger partial charge in [0, 0.05) is 18.5 Å². The zero-order valence-corrected chi connectivity index (χ0v) is 18.1. The normalized spacial score (nSPS) is 10.8. The number of anilines is 1. The maximum atomic E-state index is 10.8. The average Bonchev–Trinajstić information content (AvgIpc) is 2.73. The van der Waals surface area contributed by atoms with E-state index in [0.29, 0.717) is 30.0 Å². The van der Waals surface area contributed by atoms with Crippen molar-refractivity contribution < 1.29 is 19.7 Å². The Morgan fingerprint density at radius 1 is 1.06 bits per heavy atom. The van der Waals surface area contributed by atoms with Crippen molar-refractivity contribution in [3.8, 4) is 33.9 Å². The minimum absolute atomic E-state index is 0.0928. The molecule has 3 N–H and O–H groups in total. The number of nitrogens with zero attached hydrogens (tertiary/aromatic N) is 1. The van der Waals surface area contributed by atoms with Gasteiger partial charge in [-0.3, -0.25) is 4.79 Å². The first-order valence-corrected chi connectivity index (χ1v) is 10.4. The molecule has 0 aliphatic carbocycles. The number of rotatable bonds is 9. The second-order valence-corrected chi connectivity index (χ2v) is 7.76. The van der Waals surface area contributed by atoms with Crippen molar-refractivity contribution in [2.24, 2.45) is 0 Å². The van der Waals surface area contributed by atoms with Crippen LogP contribution in [0.1, 0.15) is 32.3 Å². The summed E-state index contributed by atoms with van der Waals surface area (Å²) in [5, 5.41) is 22.5. The van der Waals surface area contributed by atoms with Crippen LogP contribution in [0.5, 0.6) is 11.5 Å². The third kappa shape index (κ3) is 6.22. The Kier molecular flexibility index (Phi) is 7.13. The molecule has 0 aliphatic rings. The van der Waals surface area contributed by atoms with Crippen LogP contribution in [0, 0.1) is 6.92 Å². The first-order chi connectivity index (χ1) is 14.8. The Morgan fingerprint density at radius 3 is 2.48 bits per heavy atom. The van der Waals surface area contributed by atoms with Crippen LogP contribution in [0.25, 0.3) is 22.4 Å². The van der Waals surface area contributed by atoms with E-state index in [0.717, 1.165) is 22.4 Å². The lowest BCUT2D eigenvalue weighted by Gasteiger charge is -2.13. The number of nitrogens with one attached hydrogen (secondary N) is 1. The van der Waals surface area contributed by atoms with Crippen LogP contribution >= 0.6 is 0 Å². The zero-order valence-electron chi connectivity index (χ0n) is 18.1. The van der Waals surface area contributed by atoms with Gasteiger partial charge < -0.3 is 20.3 Å². The highest BCUT2D eigenvalue weighted by Crippen LogP contribution is 2.33. The summed E-state index contributed by atoms with van der Waals surface area (Å²) >= 11 is 0. The lowest BCUT2D eigenvalue weighted by atomic mass is 10.0. The van der Waals surface area contributed by atoms with Crippen molar-refractivity contribution in [1.29, 1.82) is 0 Å². The lowest BCUT2D eigenvalue weighted by Crippen LogP contribution is -2.07. The summed E-state index contributed by atoms with van der Waals surface area (Å²) < 4.78 is 5.73. The van der Waals surface area contributed by atoms with Gasteiger partial charge in [0.1, 0.15) is 17.3 Å². The van der Waals surface area contributed by atoms with Crippen LogP contribution in [-0.2, 0) is 4.79 Å². The molecule has 0 fully saturated rings. The molecule has 3 rings (SSSR count). The summed E-state index contributed by atoms with van der Waals surface area (Å²) in [4.78, 5) is 15.4. The molecular weight excluding hydrogens is 392 g/mol. The summed E-state index contributed by atoms with van der Waals surface area (Å²) in [5.74, 6) is 0.767. The van der Waals surface area contributed by atoms with Crippen molar-refractivity contribution in [3.63, 3.8) is 0 Å². The first kappa shape index (κ1) is 22.2. The van der Waals surface area contributed by atoms with Crippen LogP contribution in [0.2, 0.25) is 0 Å². The predicted molar refractivity (Wildman–Crippen MR) is 123 cm³/mol. The molecule has 1 heterocycles. The molecule has 0 unspecified atom stereocenters. The first-order valence-electron chi connectivity index (χ1n) is 10.4. The molecule has 0 spiro atoms. The van der Waals surface area contributed by atoms with Crippen LogP contribution in [0.3, 0.4) is 0 Å². The summed E-state index contributed by atoms with van der Waals surface area (Å²) in [6.45, 7) is 6.42. The Bertz CT molecular complexity index is 1050. The number of carbonyl (C=O) groups is 1. The molecule has 0 saturated heterocycles.